The normalized spacial score (nSPS) is 14.3. The Bertz CT molecular complexity index is 1060. The number of benzene rings is 2. The average molecular weight is 432 g/mol. The lowest BCUT2D eigenvalue weighted by molar-refractivity contribution is 0.0285. The molecule has 2 heterocycles. The number of nitrogens with one attached hydrogen (secondary N) is 1. The van der Waals surface area contributed by atoms with E-state index in [-0.39, 0.29) is 22.9 Å². The number of anilines is 1. The van der Waals surface area contributed by atoms with Crippen LogP contribution < -0.4 is 5.32 Å². The molecule has 0 saturated carbocycles. The highest BCUT2D eigenvalue weighted by molar-refractivity contribution is 7.99. The number of rotatable bonds is 5. The van der Waals surface area contributed by atoms with Crippen LogP contribution in [0.1, 0.15) is 20.9 Å². The van der Waals surface area contributed by atoms with E-state index in [0.717, 1.165) is 0 Å². The van der Waals surface area contributed by atoms with Gasteiger partial charge in [0.25, 0.3) is 17.6 Å². The summed E-state index contributed by atoms with van der Waals surface area (Å²) in [7, 11) is 0. The summed E-state index contributed by atoms with van der Waals surface area (Å²) in [6.45, 7) is 1.76. The van der Waals surface area contributed by atoms with Crippen molar-refractivity contribution in [3.05, 3.63) is 59.9 Å². The van der Waals surface area contributed by atoms with Gasteiger partial charge in [0.05, 0.1) is 13.2 Å². The van der Waals surface area contributed by atoms with Crippen LogP contribution in [-0.4, -0.2) is 48.8 Å². The number of para-hydroxylation sites is 1. The molecule has 0 bridgehead atoms. The molecule has 0 atom stereocenters. The molecule has 156 valence electrons. The fraction of sp³-hybridized carbons (Fsp3) is 0.238. The van der Waals surface area contributed by atoms with Gasteiger partial charge >= 0.3 is 0 Å². The van der Waals surface area contributed by atoms with Gasteiger partial charge < -0.3 is 19.4 Å². The third-order valence-electron chi connectivity index (χ3n) is 4.67. The molecule has 1 fully saturated rings. The van der Waals surface area contributed by atoms with Gasteiger partial charge in [-0.05, 0) is 36.4 Å². The van der Waals surface area contributed by atoms with Crippen molar-refractivity contribution in [2.24, 2.45) is 0 Å². The molecule has 2 aromatic carbocycles. The van der Waals surface area contributed by atoms with E-state index in [2.05, 4.69) is 5.32 Å². The molecule has 0 radical (unpaired) electrons. The van der Waals surface area contributed by atoms with Crippen molar-refractivity contribution < 1.29 is 27.5 Å². The molecule has 1 saturated heterocycles. The highest BCUT2D eigenvalue weighted by Gasteiger charge is 2.27. The molecule has 1 aromatic heterocycles. The van der Waals surface area contributed by atoms with Crippen molar-refractivity contribution >= 4 is 40.2 Å². The first-order chi connectivity index (χ1) is 14.5. The summed E-state index contributed by atoms with van der Waals surface area (Å²) in [6, 6.07) is 12.9. The van der Waals surface area contributed by atoms with Crippen molar-refractivity contribution in [2.45, 2.75) is 10.7 Å². The number of carbonyl (C=O) groups excluding carboxylic acids is 2. The number of alkyl halides is 2. The van der Waals surface area contributed by atoms with E-state index in [1.807, 2.05) is 0 Å². The van der Waals surface area contributed by atoms with Crippen LogP contribution in [0.4, 0.5) is 14.5 Å². The zero-order valence-corrected chi connectivity index (χ0v) is 16.6. The average Bonchev–Trinajstić information content (AvgIpc) is 3.12. The van der Waals surface area contributed by atoms with Crippen molar-refractivity contribution in [2.75, 3.05) is 31.6 Å². The Morgan fingerprint density at radius 1 is 1.03 bits per heavy atom. The number of fused-ring (bicyclic) bond motifs is 1. The Kier molecular flexibility index (Phi) is 6.01. The lowest BCUT2D eigenvalue weighted by Crippen LogP contribution is -2.40. The third kappa shape index (κ3) is 4.31. The Hall–Kier alpha value is -2.91. The second-order valence-electron chi connectivity index (χ2n) is 6.56. The zero-order valence-electron chi connectivity index (χ0n) is 15.8. The van der Waals surface area contributed by atoms with Gasteiger partial charge in [-0.25, -0.2) is 0 Å². The summed E-state index contributed by atoms with van der Waals surface area (Å²) >= 11 is 0.408. The monoisotopic (exact) mass is 432 g/mol. The van der Waals surface area contributed by atoms with Gasteiger partial charge in [0.2, 0.25) is 5.76 Å². The minimum atomic E-state index is -2.53. The number of thioether (sulfide) groups is 1. The van der Waals surface area contributed by atoms with E-state index < -0.39 is 11.7 Å². The topological polar surface area (TPSA) is 71.8 Å². The Morgan fingerprint density at radius 3 is 2.43 bits per heavy atom. The van der Waals surface area contributed by atoms with Crippen LogP contribution in [0.25, 0.3) is 11.0 Å². The van der Waals surface area contributed by atoms with E-state index in [0.29, 0.717) is 53.9 Å². The number of halogens is 2. The Labute approximate surface area is 175 Å². The lowest BCUT2D eigenvalue weighted by Gasteiger charge is -2.26. The number of furan rings is 1. The maximum absolute atomic E-state index is 13.0. The first kappa shape index (κ1) is 20.4. The second-order valence-corrected chi connectivity index (χ2v) is 7.63. The molecule has 2 amide bonds. The van der Waals surface area contributed by atoms with Gasteiger partial charge in [0, 0.05) is 28.9 Å². The molecule has 1 aliphatic rings. The molecule has 3 aromatic rings. The minimum absolute atomic E-state index is 0.0522. The summed E-state index contributed by atoms with van der Waals surface area (Å²) in [4.78, 5) is 27.8. The first-order valence-electron chi connectivity index (χ1n) is 9.27. The predicted octanol–water partition coefficient (Wildman–Crippen LogP) is 4.47. The van der Waals surface area contributed by atoms with Gasteiger partial charge in [-0.15, -0.1) is 0 Å². The van der Waals surface area contributed by atoms with Gasteiger partial charge in [0.15, 0.2) is 0 Å². The van der Waals surface area contributed by atoms with E-state index >= 15 is 0 Å². The van der Waals surface area contributed by atoms with E-state index in [1.54, 1.807) is 29.2 Å². The lowest BCUT2D eigenvalue weighted by atomic mass is 10.1. The molecule has 0 spiro atoms. The van der Waals surface area contributed by atoms with Gasteiger partial charge in [-0.1, -0.05) is 23.9 Å². The second kappa shape index (κ2) is 8.85. The maximum Gasteiger partial charge on any atom is 0.291 e. The molecule has 0 unspecified atom stereocenters. The Morgan fingerprint density at radius 2 is 1.73 bits per heavy atom. The SMILES string of the molecule is O=C(Nc1c(C(=O)N2CCOCC2)oc2ccccc12)c1ccc(SC(F)F)cc1. The van der Waals surface area contributed by atoms with Crippen molar-refractivity contribution in [3.63, 3.8) is 0 Å². The summed E-state index contributed by atoms with van der Waals surface area (Å²) in [6.07, 6.45) is 0. The van der Waals surface area contributed by atoms with E-state index in [1.165, 1.54) is 24.3 Å². The number of ether oxygens (including phenoxy) is 1. The van der Waals surface area contributed by atoms with Crippen molar-refractivity contribution in [1.82, 2.24) is 4.90 Å². The molecular formula is C21H18F2N2O4S. The van der Waals surface area contributed by atoms with Crippen LogP contribution in [0.2, 0.25) is 0 Å². The summed E-state index contributed by atoms with van der Waals surface area (Å²) in [5, 5.41) is 3.37. The third-order valence-corrected chi connectivity index (χ3v) is 5.39. The molecule has 9 heteroatoms. The van der Waals surface area contributed by atoms with Crippen LogP contribution in [0, 0.1) is 0 Å². The van der Waals surface area contributed by atoms with E-state index in [4.69, 9.17) is 9.15 Å². The summed E-state index contributed by atoms with van der Waals surface area (Å²) in [5.74, 6) is -3.27. The van der Waals surface area contributed by atoms with Crippen LogP contribution in [0.5, 0.6) is 0 Å². The molecular weight excluding hydrogens is 414 g/mol. The molecule has 4 rings (SSSR count). The van der Waals surface area contributed by atoms with Gasteiger partial charge in [-0.2, -0.15) is 8.78 Å². The minimum Gasteiger partial charge on any atom is -0.449 e. The molecule has 30 heavy (non-hydrogen) atoms. The van der Waals surface area contributed by atoms with Crippen molar-refractivity contribution in [3.8, 4) is 0 Å². The van der Waals surface area contributed by atoms with Crippen molar-refractivity contribution in [1.29, 1.82) is 0 Å². The number of nitrogens with zero attached hydrogens (tertiary/aromatic N) is 1. The van der Waals surface area contributed by atoms with Crippen LogP contribution >= 0.6 is 11.8 Å². The number of amides is 2. The largest absolute Gasteiger partial charge is 0.449 e. The van der Waals surface area contributed by atoms with Gasteiger partial charge in [0.1, 0.15) is 11.3 Å². The van der Waals surface area contributed by atoms with Crippen LogP contribution in [-0.2, 0) is 4.74 Å². The fourth-order valence-corrected chi connectivity index (χ4v) is 3.70. The molecule has 1 N–H and O–H groups in total. The van der Waals surface area contributed by atoms with Crippen LogP contribution in [0.15, 0.2) is 57.8 Å². The number of morpholine rings is 1. The molecule has 0 aliphatic carbocycles. The predicted molar refractivity (Wildman–Crippen MR) is 109 cm³/mol. The summed E-state index contributed by atoms with van der Waals surface area (Å²) < 4.78 is 36.0. The number of hydrogen-bond acceptors (Lipinski definition) is 5. The number of carbonyl (C=O) groups is 2. The standard InChI is InChI=1S/C21H18F2N2O4S/c22-21(23)30-14-7-5-13(6-8-14)19(26)24-17-15-3-1-2-4-16(15)29-18(17)20(27)25-9-11-28-12-10-25/h1-8,21H,9-12H2,(H,24,26). The Balaban J connectivity index is 1.62. The summed E-state index contributed by atoms with van der Waals surface area (Å²) in [5.41, 5.74) is 1.05. The highest BCUT2D eigenvalue weighted by atomic mass is 32.2. The maximum atomic E-state index is 13.0. The first-order valence-corrected chi connectivity index (χ1v) is 10.2. The molecule has 6 nitrogen and oxygen atoms in total. The highest BCUT2D eigenvalue weighted by Crippen LogP contribution is 2.32. The van der Waals surface area contributed by atoms with Crippen LogP contribution in [0.3, 0.4) is 0 Å². The fourth-order valence-electron chi connectivity index (χ4n) is 3.20. The van der Waals surface area contributed by atoms with E-state index in [9.17, 15) is 18.4 Å². The quantitative estimate of drug-likeness (QED) is 0.603. The number of hydrogen-bond donors (Lipinski definition) is 1. The zero-order chi connectivity index (χ0) is 21.1. The molecule has 1 aliphatic heterocycles. The smallest absolute Gasteiger partial charge is 0.291 e. The van der Waals surface area contributed by atoms with Gasteiger partial charge in [-0.3, -0.25) is 9.59 Å².